The fourth-order valence-corrected chi connectivity index (χ4v) is 2.59. The van der Waals surface area contributed by atoms with Crippen LogP contribution in [0.3, 0.4) is 0 Å². The van der Waals surface area contributed by atoms with Crippen LogP contribution in [-0.2, 0) is 4.74 Å². The normalized spacial score (nSPS) is 26.5. The van der Waals surface area contributed by atoms with Crippen molar-refractivity contribution in [2.75, 3.05) is 33.4 Å². The maximum Gasteiger partial charge on any atom is 0.0621 e. The molecule has 2 aliphatic rings. The van der Waals surface area contributed by atoms with Crippen LogP contribution in [0.1, 0.15) is 46.0 Å². The minimum Gasteiger partial charge on any atom is -0.379 e. The molecular weight excluding hydrogens is 224 g/mol. The molecule has 3 heteroatoms. The monoisotopic (exact) mass is 254 g/mol. The van der Waals surface area contributed by atoms with Crippen molar-refractivity contribution in [2.24, 2.45) is 5.41 Å². The van der Waals surface area contributed by atoms with E-state index in [1.807, 2.05) is 0 Å². The van der Waals surface area contributed by atoms with E-state index in [-0.39, 0.29) is 5.41 Å². The Bertz CT molecular complexity index is 251. The smallest absolute Gasteiger partial charge is 0.0621 e. The fourth-order valence-electron chi connectivity index (χ4n) is 2.59. The van der Waals surface area contributed by atoms with Crippen LogP contribution in [0.25, 0.3) is 0 Å². The van der Waals surface area contributed by atoms with E-state index in [2.05, 4.69) is 31.1 Å². The third kappa shape index (κ3) is 4.87. The Morgan fingerprint density at radius 3 is 2.67 bits per heavy atom. The molecule has 2 fully saturated rings. The van der Waals surface area contributed by atoms with Crippen molar-refractivity contribution in [1.29, 1.82) is 0 Å². The fraction of sp³-hybridized carbons (Fsp3) is 1.00. The first-order valence-corrected chi connectivity index (χ1v) is 7.58. The quantitative estimate of drug-likeness (QED) is 0.754. The molecule has 1 N–H and O–H groups in total. The average molecular weight is 254 g/mol. The Labute approximate surface area is 112 Å². The third-order valence-electron chi connectivity index (χ3n) is 4.17. The van der Waals surface area contributed by atoms with Gasteiger partial charge in [-0.3, -0.25) is 0 Å². The predicted molar refractivity (Wildman–Crippen MR) is 75.9 cm³/mol. The highest BCUT2D eigenvalue weighted by molar-refractivity contribution is 4.84. The number of likely N-dealkylation sites (tertiary alicyclic amines) is 1. The van der Waals surface area contributed by atoms with Crippen LogP contribution in [0.5, 0.6) is 0 Å². The highest BCUT2D eigenvalue weighted by atomic mass is 16.5. The molecule has 2 rings (SSSR count). The Morgan fingerprint density at radius 1 is 1.22 bits per heavy atom. The first-order valence-electron chi connectivity index (χ1n) is 7.58. The van der Waals surface area contributed by atoms with Crippen LogP contribution in [0.15, 0.2) is 0 Å². The summed E-state index contributed by atoms with van der Waals surface area (Å²) in [6.07, 6.45) is 6.75. The molecule has 106 valence electrons. The van der Waals surface area contributed by atoms with Crippen LogP contribution in [0.4, 0.5) is 0 Å². The molecule has 0 aromatic heterocycles. The van der Waals surface area contributed by atoms with E-state index in [9.17, 15) is 0 Å². The van der Waals surface area contributed by atoms with Crippen molar-refractivity contribution in [3.63, 3.8) is 0 Å². The molecule has 0 aromatic rings. The zero-order valence-electron chi connectivity index (χ0n) is 12.4. The SMILES string of the molecule is CN1CCCCC1COCC(C)(C)CNC1CC1. The van der Waals surface area contributed by atoms with Crippen molar-refractivity contribution < 1.29 is 4.74 Å². The van der Waals surface area contributed by atoms with Crippen molar-refractivity contribution in [2.45, 2.75) is 58.0 Å². The molecule has 1 atom stereocenters. The first kappa shape index (κ1) is 14.3. The van der Waals surface area contributed by atoms with Gasteiger partial charge in [0.2, 0.25) is 0 Å². The number of rotatable bonds is 7. The lowest BCUT2D eigenvalue weighted by Gasteiger charge is -2.33. The molecule has 3 nitrogen and oxygen atoms in total. The summed E-state index contributed by atoms with van der Waals surface area (Å²) in [6, 6.07) is 1.44. The molecular formula is C15H30N2O. The molecule has 1 heterocycles. The first-order chi connectivity index (χ1) is 8.57. The van der Waals surface area contributed by atoms with Gasteiger partial charge in [0.05, 0.1) is 13.2 Å². The Hall–Kier alpha value is -0.120. The predicted octanol–water partition coefficient (Wildman–Crippen LogP) is 2.27. The second-order valence-electron chi connectivity index (χ2n) is 6.96. The van der Waals surface area contributed by atoms with Gasteiger partial charge in [-0.15, -0.1) is 0 Å². The number of piperidine rings is 1. The third-order valence-corrected chi connectivity index (χ3v) is 4.17. The van der Waals surface area contributed by atoms with Crippen LogP contribution in [0, 0.1) is 5.41 Å². The lowest BCUT2D eigenvalue weighted by atomic mass is 9.94. The molecule has 18 heavy (non-hydrogen) atoms. The zero-order chi connectivity index (χ0) is 13.0. The van der Waals surface area contributed by atoms with Crippen molar-refractivity contribution in [3.8, 4) is 0 Å². The van der Waals surface area contributed by atoms with E-state index in [1.54, 1.807) is 0 Å². The average Bonchev–Trinajstić information content (AvgIpc) is 3.13. The molecule has 0 bridgehead atoms. The van der Waals surface area contributed by atoms with Crippen LogP contribution in [-0.4, -0.2) is 50.3 Å². The maximum atomic E-state index is 5.98. The van der Waals surface area contributed by atoms with Crippen LogP contribution < -0.4 is 5.32 Å². The van der Waals surface area contributed by atoms with Gasteiger partial charge in [0.1, 0.15) is 0 Å². The molecule has 0 spiro atoms. The lowest BCUT2D eigenvalue weighted by molar-refractivity contribution is 0.0148. The number of ether oxygens (including phenoxy) is 1. The van der Waals surface area contributed by atoms with Crippen molar-refractivity contribution in [3.05, 3.63) is 0 Å². The summed E-state index contributed by atoms with van der Waals surface area (Å²) in [6.45, 7) is 8.69. The molecule has 0 amide bonds. The summed E-state index contributed by atoms with van der Waals surface area (Å²) in [7, 11) is 2.23. The molecule has 1 saturated carbocycles. The Balaban J connectivity index is 1.60. The van der Waals surface area contributed by atoms with Gasteiger partial charge in [-0.1, -0.05) is 20.3 Å². The lowest BCUT2D eigenvalue weighted by Crippen LogP contribution is -2.41. The van der Waals surface area contributed by atoms with E-state index in [0.29, 0.717) is 6.04 Å². The standard InChI is InChI=1S/C15H30N2O/c1-15(2,11-16-13-7-8-13)12-18-10-14-6-4-5-9-17(14)3/h13-14,16H,4-12H2,1-3H3. The van der Waals surface area contributed by atoms with Crippen molar-refractivity contribution in [1.82, 2.24) is 10.2 Å². The van der Waals surface area contributed by atoms with E-state index in [0.717, 1.165) is 25.8 Å². The minimum atomic E-state index is 0.260. The molecule has 1 aliphatic carbocycles. The van der Waals surface area contributed by atoms with Gasteiger partial charge < -0.3 is 15.0 Å². The number of nitrogens with one attached hydrogen (secondary N) is 1. The maximum absolute atomic E-state index is 5.98. The number of hydrogen-bond donors (Lipinski definition) is 1. The van der Waals surface area contributed by atoms with Gasteiger partial charge in [-0.05, 0) is 39.3 Å². The van der Waals surface area contributed by atoms with Gasteiger partial charge in [0, 0.05) is 24.0 Å². The second-order valence-corrected chi connectivity index (χ2v) is 6.96. The summed E-state index contributed by atoms with van der Waals surface area (Å²) in [5, 5.41) is 3.60. The Morgan fingerprint density at radius 2 is 2.00 bits per heavy atom. The van der Waals surface area contributed by atoms with Gasteiger partial charge in [0.15, 0.2) is 0 Å². The summed E-state index contributed by atoms with van der Waals surface area (Å²) >= 11 is 0. The molecule has 0 radical (unpaired) electrons. The highest BCUT2D eigenvalue weighted by Crippen LogP contribution is 2.22. The number of nitrogens with zero attached hydrogens (tertiary/aromatic N) is 1. The van der Waals surface area contributed by atoms with E-state index >= 15 is 0 Å². The van der Waals surface area contributed by atoms with Gasteiger partial charge >= 0.3 is 0 Å². The van der Waals surface area contributed by atoms with E-state index < -0.39 is 0 Å². The number of likely N-dealkylation sites (N-methyl/N-ethyl adjacent to an activating group) is 1. The van der Waals surface area contributed by atoms with Gasteiger partial charge in [-0.25, -0.2) is 0 Å². The van der Waals surface area contributed by atoms with Crippen molar-refractivity contribution >= 4 is 0 Å². The largest absolute Gasteiger partial charge is 0.379 e. The van der Waals surface area contributed by atoms with Crippen LogP contribution in [0.2, 0.25) is 0 Å². The highest BCUT2D eigenvalue weighted by Gasteiger charge is 2.26. The summed E-state index contributed by atoms with van der Waals surface area (Å²) in [5.74, 6) is 0. The molecule has 1 saturated heterocycles. The van der Waals surface area contributed by atoms with Gasteiger partial charge in [0.25, 0.3) is 0 Å². The van der Waals surface area contributed by atoms with E-state index in [4.69, 9.17) is 4.74 Å². The molecule has 1 unspecified atom stereocenters. The topological polar surface area (TPSA) is 24.5 Å². The summed E-state index contributed by atoms with van der Waals surface area (Å²) in [4.78, 5) is 2.46. The minimum absolute atomic E-state index is 0.260. The van der Waals surface area contributed by atoms with Crippen LogP contribution >= 0.6 is 0 Å². The summed E-state index contributed by atoms with van der Waals surface area (Å²) < 4.78 is 5.98. The second kappa shape index (κ2) is 6.36. The summed E-state index contributed by atoms with van der Waals surface area (Å²) in [5.41, 5.74) is 0.260. The molecule has 1 aliphatic heterocycles. The zero-order valence-corrected chi connectivity index (χ0v) is 12.4. The molecule has 0 aromatic carbocycles. The number of hydrogen-bond acceptors (Lipinski definition) is 3. The Kier molecular flexibility index (Phi) is 5.05. The van der Waals surface area contributed by atoms with E-state index in [1.165, 1.54) is 38.6 Å². The van der Waals surface area contributed by atoms with Gasteiger partial charge in [-0.2, -0.15) is 0 Å².